The zero-order valence-electron chi connectivity index (χ0n) is 11.2. The Hall–Kier alpha value is -1.06. The highest BCUT2D eigenvalue weighted by atomic mass is 16.5. The highest BCUT2D eigenvalue weighted by Gasteiger charge is 2.14. The van der Waals surface area contributed by atoms with Gasteiger partial charge in [-0.25, -0.2) is 0 Å². The first-order valence-electron chi connectivity index (χ1n) is 6.14. The number of likely N-dealkylation sites (N-methyl/N-ethyl adjacent to an activating group) is 1. The molecule has 0 aliphatic heterocycles. The van der Waals surface area contributed by atoms with E-state index in [2.05, 4.69) is 25.7 Å². The van der Waals surface area contributed by atoms with Gasteiger partial charge < -0.3 is 9.84 Å². The summed E-state index contributed by atoms with van der Waals surface area (Å²) < 4.78 is 5.10. The Morgan fingerprint density at radius 3 is 2.24 bits per heavy atom. The summed E-state index contributed by atoms with van der Waals surface area (Å²) in [5, 5.41) is 10.2. The number of benzene rings is 1. The molecular weight excluding hydrogens is 214 g/mol. The third-order valence-corrected chi connectivity index (χ3v) is 3.04. The quantitative estimate of drug-likeness (QED) is 0.825. The lowest BCUT2D eigenvalue weighted by Gasteiger charge is -2.27. The van der Waals surface area contributed by atoms with Gasteiger partial charge in [-0.2, -0.15) is 0 Å². The number of hydrogen-bond acceptors (Lipinski definition) is 3. The summed E-state index contributed by atoms with van der Waals surface area (Å²) in [6.07, 6.45) is -0.441. The Labute approximate surface area is 104 Å². The molecule has 0 radical (unpaired) electrons. The van der Waals surface area contributed by atoms with Gasteiger partial charge in [-0.1, -0.05) is 19.1 Å². The van der Waals surface area contributed by atoms with Gasteiger partial charge in [0.05, 0.1) is 13.2 Å². The zero-order valence-corrected chi connectivity index (χ0v) is 11.2. The topological polar surface area (TPSA) is 32.7 Å². The Morgan fingerprint density at radius 2 is 1.82 bits per heavy atom. The minimum Gasteiger partial charge on any atom is -0.497 e. The van der Waals surface area contributed by atoms with Crippen LogP contribution in [0.3, 0.4) is 0 Å². The van der Waals surface area contributed by atoms with Gasteiger partial charge in [0.15, 0.2) is 0 Å². The van der Waals surface area contributed by atoms with Crippen molar-refractivity contribution in [3.63, 3.8) is 0 Å². The van der Waals surface area contributed by atoms with Crippen LogP contribution >= 0.6 is 0 Å². The van der Waals surface area contributed by atoms with Crippen LogP contribution in [0.1, 0.15) is 32.4 Å². The van der Waals surface area contributed by atoms with Gasteiger partial charge in [0, 0.05) is 12.6 Å². The molecule has 0 aliphatic rings. The van der Waals surface area contributed by atoms with E-state index in [1.807, 2.05) is 24.3 Å². The van der Waals surface area contributed by atoms with Crippen molar-refractivity contribution >= 4 is 0 Å². The number of methoxy groups -OCH3 is 1. The molecule has 1 N–H and O–H groups in total. The number of aliphatic hydroxyl groups is 1. The highest BCUT2D eigenvalue weighted by Crippen LogP contribution is 2.19. The lowest BCUT2D eigenvalue weighted by molar-refractivity contribution is 0.0991. The minimum atomic E-state index is -0.441. The van der Waals surface area contributed by atoms with Crippen molar-refractivity contribution in [3.05, 3.63) is 29.8 Å². The maximum absolute atomic E-state index is 10.2. The fourth-order valence-electron chi connectivity index (χ4n) is 1.86. The molecule has 1 atom stereocenters. The van der Waals surface area contributed by atoms with Gasteiger partial charge in [0.25, 0.3) is 0 Å². The van der Waals surface area contributed by atoms with Crippen molar-refractivity contribution in [2.75, 3.05) is 20.2 Å². The monoisotopic (exact) mass is 237 g/mol. The van der Waals surface area contributed by atoms with Crippen molar-refractivity contribution < 1.29 is 9.84 Å². The normalized spacial score (nSPS) is 13.1. The fourth-order valence-corrected chi connectivity index (χ4v) is 1.86. The van der Waals surface area contributed by atoms with E-state index in [-0.39, 0.29) is 0 Å². The first-order chi connectivity index (χ1) is 8.08. The molecule has 0 aliphatic carbocycles. The summed E-state index contributed by atoms with van der Waals surface area (Å²) in [4.78, 5) is 2.24. The largest absolute Gasteiger partial charge is 0.497 e. The summed E-state index contributed by atoms with van der Waals surface area (Å²) in [5.74, 6) is 0.817. The maximum Gasteiger partial charge on any atom is 0.118 e. The van der Waals surface area contributed by atoms with Gasteiger partial charge in [-0.05, 0) is 38.1 Å². The third kappa shape index (κ3) is 4.02. The van der Waals surface area contributed by atoms with Crippen LogP contribution in [0.15, 0.2) is 24.3 Å². The molecule has 1 rings (SSSR count). The molecular formula is C14H23NO2. The summed E-state index contributed by atoms with van der Waals surface area (Å²) in [6, 6.07) is 8.04. The fraction of sp³-hybridized carbons (Fsp3) is 0.571. The molecule has 0 aromatic heterocycles. The van der Waals surface area contributed by atoms with Gasteiger partial charge in [-0.3, -0.25) is 4.90 Å². The van der Waals surface area contributed by atoms with Crippen LogP contribution in [0.2, 0.25) is 0 Å². The number of ether oxygens (including phenoxy) is 1. The molecule has 17 heavy (non-hydrogen) atoms. The summed E-state index contributed by atoms with van der Waals surface area (Å²) in [5.41, 5.74) is 0.935. The lowest BCUT2D eigenvalue weighted by atomic mass is 10.1. The van der Waals surface area contributed by atoms with Gasteiger partial charge in [0.1, 0.15) is 5.75 Å². The summed E-state index contributed by atoms with van der Waals surface area (Å²) >= 11 is 0. The van der Waals surface area contributed by atoms with Crippen LogP contribution in [0.4, 0.5) is 0 Å². The van der Waals surface area contributed by atoms with Crippen molar-refractivity contribution in [2.24, 2.45) is 0 Å². The van der Waals surface area contributed by atoms with Crippen LogP contribution < -0.4 is 4.74 Å². The van der Waals surface area contributed by atoms with E-state index in [9.17, 15) is 5.11 Å². The Bertz CT molecular complexity index is 321. The predicted octanol–water partition coefficient (Wildman–Crippen LogP) is 2.46. The number of rotatable bonds is 6. The van der Waals surface area contributed by atoms with Crippen molar-refractivity contribution in [1.82, 2.24) is 4.90 Å². The lowest BCUT2D eigenvalue weighted by Crippen LogP contribution is -2.34. The minimum absolute atomic E-state index is 0.441. The van der Waals surface area contributed by atoms with Crippen LogP contribution in [0.5, 0.6) is 5.75 Å². The van der Waals surface area contributed by atoms with E-state index in [4.69, 9.17) is 4.74 Å². The number of hydrogen-bond donors (Lipinski definition) is 1. The van der Waals surface area contributed by atoms with Crippen LogP contribution in [-0.4, -0.2) is 36.2 Å². The molecule has 0 saturated heterocycles. The van der Waals surface area contributed by atoms with Crippen LogP contribution in [-0.2, 0) is 0 Å². The van der Waals surface area contributed by atoms with Crippen molar-refractivity contribution in [2.45, 2.75) is 32.9 Å². The third-order valence-electron chi connectivity index (χ3n) is 3.04. The first kappa shape index (κ1) is 14.0. The molecule has 0 fully saturated rings. The Morgan fingerprint density at radius 1 is 1.24 bits per heavy atom. The van der Waals surface area contributed by atoms with E-state index in [0.29, 0.717) is 12.6 Å². The van der Waals surface area contributed by atoms with E-state index in [1.165, 1.54) is 0 Å². The molecule has 0 heterocycles. The second-order valence-corrected chi connectivity index (χ2v) is 4.47. The Balaban J connectivity index is 2.65. The van der Waals surface area contributed by atoms with Crippen LogP contribution in [0, 0.1) is 0 Å². The average molecular weight is 237 g/mol. The first-order valence-corrected chi connectivity index (χ1v) is 6.14. The second kappa shape index (κ2) is 6.62. The Kier molecular flexibility index (Phi) is 5.45. The molecule has 96 valence electrons. The molecule has 1 unspecified atom stereocenters. The molecule has 0 amide bonds. The zero-order chi connectivity index (χ0) is 12.8. The highest BCUT2D eigenvalue weighted by molar-refractivity contribution is 5.28. The average Bonchev–Trinajstić information content (AvgIpc) is 2.35. The molecule has 1 aromatic carbocycles. The van der Waals surface area contributed by atoms with E-state index in [0.717, 1.165) is 17.9 Å². The smallest absolute Gasteiger partial charge is 0.118 e. The van der Waals surface area contributed by atoms with Gasteiger partial charge >= 0.3 is 0 Å². The summed E-state index contributed by atoms with van der Waals surface area (Å²) in [7, 11) is 1.64. The standard InChI is InChI=1S/C14H23NO2/c1-5-15(11(2)3)10-14(16)12-6-8-13(17-4)9-7-12/h6-9,11,14,16H,5,10H2,1-4H3. The van der Waals surface area contributed by atoms with E-state index < -0.39 is 6.10 Å². The summed E-state index contributed by atoms with van der Waals surface area (Å²) in [6.45, 7) is 8.01. The maximum atomic E-state index is 10.2. The van der Waals surface area contributed by atoms with Crippen molar-refractivity contribution in [1.29, 1.82) is 0 Å². The SMILES string of the molecule is CCN(CC(O)c1ccc(OC)cc1)C(C)C. The molecule has 3 nitrogen and oxygen atoms in total. The van der Waals surface area contributed by atoms with Gasteiger partial charge in [-0.15, -0.1) is 0 Å². The molecule has 0 spiro atoms. The number of aliphatic hydroxyl groups excluding tert-OH is 1. The predicted molar refractivity (Wildman–Crippen MR) is 70.3 cm³/mol. The van der Waals surface area contributed by atoms with E-state index in [1.54, 1.807) is 7.11 Å². The van der Waals surface area contributed by atoms with E-state index >= 15 is 0 Å². The molecule has 3 heteroatoms. The molecule has 1 aromatic rings. The number of nitrogens with zero attached hydrogens (tertiary/aromatic N) is 1. The van der Waals surface area contributed by atoms with Gasteiger partial charge in [0.2, 0.25) is 0 Å². The molecule has 0 bridgehead atoms. The second-order valence-electron chi connectivity index (χ2n) is 4.47. The van der Waals surface area contributed by atoms with Crippen molar-refractivity contribution in [3.8, 4) is 5.75 Å². The molecule has 0 saturated carbocycles. The van der Waals surface area contributed by atoms with Crippen LogP contribution in [0.25, 0.3) is 0 Å².